The lowest BCUT2D eigenvalue weighted by Gasteiger charge is -2.33. The highest BCUT2D eigenvalue weighted by atomic mass is 16.2. The third-order valence-electron chi connectivity index (χ3n) is 5.21. The molecule has 0 spiro atoms. The first-order valence-corrected chi connectivity index (χ1v) is 9.35. The molecule has 1 aromatic carbocycles. The largest absolute Gasteiger partial charge is 0.355 e. The fourth-order valence-corrected chi connectivity index (χ4v) is 3.66. The molecule has 1 saturated heterocycles. The minimum Gasteiger partial charge on any atom is -0.355 e. The van der Waals surface area contributed by atoms with Crippen LogP contribution < -0.4 is 4.90 Å². The van der Waals surface area contributed by atoms with Crippen molar-refractivity contribution in [3.63, 3.8) is 0 Å². The smallest absolute Gasteiger partial charge is 0.225 e. The van der Waals surface area contributed by atoms with Crippen LogP contribution in [-0.2, 0) is 11.3 Å². The number of piperidine rings is 1. The van der Waals surface area contributed by atoms with Crippen LogP contribution >= 0.6 is 0 Å². The zero-order valence-electron chi connectivity index (χ0n) is 15.7. The maximum Gasteiger partial charge on any atom is 0.225 e. The van der Waals surface area contributed by atoms with Crippen LogP contribution in [0.25, 0.3) is 5.65 Å². The highest BCUT2D eigenvalue weighted by Crippen LogP contribution is 2.24. The van der Waals surface area contributed by atoms with E-state index in [9.17, 15) is 4.79 Å². The third kappa shape index (κ3) is 3.63. The van der Waals surface area contributed by atoms with Gasteiger partial charge in [0, 0.05) is 32.6 Å². The van der Waals surface area contributed by atoms with Gasteiger partial charge in [0.2, 0.25) is 5.91 Å². The van der Waals surface area contributed by atoms with Crippen LogP contribution in [0, 0.1) is 12.8 Å². The monoisotopic (exact) mass is 364 g/mol. The quantitative estimate of drug-likeness (QED) is 0.711. The van der Waals surface area contributed by atoms with Gasteiger partial charge in [-0.1, -0.05) is 30.3 Å². The molecule has 1 aliphatic heterocycles. The molecule has 0 unspecified atom stereocenters. The number of aromatic nitrogens is 4. The van der Waals surface area contributed by atoms with Gasteiger partial charge in [-0.15, -0.1) is 15.3 Å². The number of nitrogens with zero attached hydrogens (tertiary/aromatic N) is 6. The standard InChI is InChI=1S/C20H24N6O/c1-15-21-22-18-8-9-19(23-26(15)18)25-12-10-17(11-13-25)20(27)24(2)14-16-6-4-3-5-7-16/h3-9,17H,10-14H2,1-2H3. The Morgan fingerprint density at radius 2 is 1.85 bits per heavy atom. The molecule has 0 saturated carbocycles. The summed E-state index contributed by atoms with van der Waals surface area (Å²) >= 11 is 0. The molecule has 0 aliphatic carbocycles. The van der Waals surface area contributed by atoms with Crippen LogP contribution in [0.2, 0.25) is 0 Å². The summed E-state index contributed by atoms with van der Waals surface area (Å²) in [7, 11) is 1.89. The van der Waals surface area contributed by atoms with Crippen LogP contribution in [0.3, 0.4) is 0 Å². The highest BCUT2D eigenvalue weighted by molar-refractivity contribution is 5.79. The number of anilines is 1. The second-order valence-corrected chi connectivity index (χ2v) is 7.15. The molecule has 7 heteroatoms. The number of benzene rings is 1. The van der Waals surface area contributed by atoms with Crippen molar-refractivity contribution < 1.29 is 4.79 Å². The average Bonchev–Trinajstić information content (AvgIpc) is 3.08. The lowest BCUT2D eigenvalue weighted by atomic mass is 9.95. The summed E-state index contributed by atoms with van der Waals surface area (Å²) in [6, 6.07) is 14.0. The van der Waals surface area contributed by atoms with Gasteiger partial charge in [-0.05, 0) is 37.5 Å². The maximum atomic E-state index is 12.8. The van der Waals surface area contributed by atoms with E-state index >= 15 is 0 Å². The van der Waals surface area contributed by atoms with Gasteiger partial charge >= 0.3 is 0 Å². The summed E-state index contributed by atoms with van der Waals surface area (Å²) in [5.41, 5.74) is 1.91. The molecule has 0 atom stereocenters. The van der Waals surface area contributed by atoms with Gasteiger partial charge in [0.25, 0.3) is 0 Å². The molecule has 0 N–H and O–H groups in total. The summed E-state index contributed by atoms with van der Waals surface area (Å²) in [5.74, 6) is 2.00. The van der Waals surface area contributed by atoms with Crippen molar-refractivity contribution in [2.75, 3.05) is 25.0 Å². The number of hydrogen-bond donors (Lipinski definition) is 0. The van der Waals surface area contributed by atoms with Crippen molar-refractivity contribution >= 4 is 17.4 Å². The van der Waals surface area contributed by atoms with E-state index in [0.29, 0.717) is 6.54 Å². The van der Waals surface area contributed by atoms with E-state index in [1.54, 1.807) is 4.52 Å². The van der Waals surface area contributed by atoms with Gasteiger partial charge in [-0.3, -0.25) is 4.79 Å². The number of hydrogen-bond acceptors (Lipinski definition) is 5. The second-order valence-electron chi connectivity index (χ2n) is 7.15. The van der Waals surface area contributed by atoms with Crippen LogP contribution in [0.5, 0.6) is 0 Å². The SMILES string of the molecule is Cc1nnc2ccc(N3CCC(C(=O)N(C)Cc4ccccc4)CC3)nn12. The Morgan fingerprint density at radius 1 is 1.11 bits per heavy atom. The molecule has 1 aliphatic rings. The Hall–Kier alpha value is -2.96. The van der Waals surface area contributed by atoms with E-state index in [-0.39, 0.29) is 11.8 Å². The Morgan fingerprint density at radius 3 is 2.59 bits per heavy atom. The molecule has 3 heterocycles. The Bertz CT molecular complexity index is 930. The van der Waals surface area contributed by atoms with E-state index in [4.69, 9.17) is 0 Å². The van der Waals surface area contributed by atoms with Crippen molar-refractivity contribution in [2.24, 2.45) is 5.92 Å². The van der Waals surface area contributed by atoms with Crippen LogP contribution in [0.4, 0.5) is 5.82 Å². The summed E-state index contributed by atoms with van der Waals surface area (Å²) in [6.45, 7) is 4.21. The molecule has 1 amide bonds. The number of carbonyl (C=O) groups excluding carboxylic acids is 1. The zero-order chi connectivity index (χ0) is 18.8. The van der Waals surface area contributed by atoms with E-state index in [1.165, 1.54) is 0 Å². The molecule has 0 bridgehead atoms. The number of aryl methyl sites for hydroxylation is 1. The Labute approximate surface area is 158 Å². The van der Waals surface area contributed by atoms with E-state index in [0.717, 1.165) is 48.8 Å². The summed E-state index contributed by atoms with van der Waals surface area (Å²) in [6.07, 6.45) is 1.69. The van der Waals surface area contributed by atoms with Crippen molar-refractivity contribution in [1.29, 1.82) is 0 Å². The van der Waals surface area contributed by atoms with Gasteiger partial charge < -0.3 is 9.80 Å². The molecular weight excluding hydrogens is 340 g/mol. The van der Waals surface area contributed by atoms with Crippen molar-refractivity contribution in [2.45, 2.75) is 26.3 Å². The molecule has 0 radical (unpaired) electrons. The molecule has 3 aromatic rings. The van der Waals surface area contributed by atoms with Gasteiger partial charge in [0.05, 0.1) is 0 Å². The predicted octanol–water partition coefficient (Wildman–Crippen LogP) is 2.31. The lowest BCUT2D eigenvalue weighted by Crippen LogP contribution is -2.41. The lowest BCUT2D eigenvalue weighted by molar-refractivity contribution is -0.135. The fraction of sp³-hybridized carbons (Fsp3) is 0.400. The van der Waals surface area contributed by atoms with Crippen molar-refractivity contribution in [3.8, 4) is 0 Å². The summed E-state index contributed by atoms with van der Waals surface area (Å²) in [5, 5.41) is 12.8. The van der Waals surface area contributed by atoms with Gasteiger partial charge in [-0.2, -0.15) is 4.52 Å². The second kappa shape index (κ2) is 7.34. The zero-order valence-corrected chi connectivity index (χ0v) is 15.7. The van der Waals surface area contributed by atoms with E-state index in [2.05, 4.69) is 32.3 Å². The predicted molar refractivity (Wildman–Crippen MR) is 103 cm³/mol. The van der Waals surface area contributed by atoms with E-state index < -0.39 is 0 Å². The first-order valence-electron chi connectivity index (χ1n) is 9.35. The highest BCUT2D eigenvalue weighted by Gasteiger charge is 2.28. The van der Waals surface area contributed by atoms with Gasteiger partial charge in [0.1, 0.15) is 5.82 Å². The number of fused-ring (bicyclic) bond motifs is 1. The molecule has 7 nitrogen and oxygen atoms in total. The minimum absolute atomic E-state index is 0.0790. The van der Waals surface area contributed by atoms with Gasteiger partial charge in [0.15, 0.2) is 11.5 Å². The number of rotatable bonds is 4. The molecule has 2 aromatic heterocycles. The molecule has 1 fully saturated rings. The Kier molecular flexibility index (Phi) is 4.75. The fourth-order valence-electron chi connectivity index (χ4n) is 3.66. The minimum atomic E-state index is 0.0790. The molecular formula is C20H24N6O. The van der Waals surface area contributed by atoms with Crippen LogP contribution in [0.15, 0.2) is 42.5 Å². The third-order valence-corrected chi connectivity index (χ3v) is 5.21. The first-order chi connectivity index (χ1) is 13.1. The molecule has 4 rings (SSSR count). The Balaban J connectivity index is 1.37. The van der Waals surface area contributed by atoms with E-state index in [1.807, 2.05) is 49.2 Å². The van der Waals surface area contributed by atoms with Crippen LogP contribution in [0.1, 0.15) is 24.2 Å². The topological polar surface area (TPSA) is 66.6 Å². The van der Waals surface area contributed by atoms with Crippen LogP contribution in [-0.4, -0.2) is 50.8 Å². The maximum absolute atomic E-state index is 12.8. The summed E-state index contributed by atoms with van der Waals surface area (Å²) < 4.78 is 1.76. The number of amides is 1. The normalized spacial score (nSPS) is 15.3. The summed E-state index contributed by atoms with van der Waals surface area (Å²) in [4.78, 5) is 16.9. The molecule has 27 heavy (non-hydrogen) atoms. The average molecular weight is 364 g/mol. The first kappa shape index (κ1) is 17.5. The van der Waals surface area contributed by atoms with Crippen molar-refractivity contribution in [3.05, 3.63) is 53.9 Å². The van der Waals surface area contributed by atoms with Gasteiger partial charge in [-0.25, -0.2) is 0 Å². The van der Waals surface area contributed by atoms with Crippen molar-refractivity contribution in [1.82, 2.24) is 24.7 Å². The number of carbonyl (C=O) groups is 1. The molecule has 140 valence electrons.